The molecule has 3 heteroatoms. The SMILES string of the molecule is C=C.CC.CC.CCC(C)c1cccc2nc(C(C)(C)C)n3c4cc5c(cc4nc3c12)C(C)(C)CC5(C)C. The Morgan fingerprint density at radius 3 is 1.97 bits per heavy atom. The van der Waals surface area contributed by atoms with E-state index in [4.69, 9.17) is 9.97 Å². The maximum absolute atomic E-state index is 5.31. The van der Waals surface area contributed by atoms with Gasteiger partial charge in [0.05, 0.1) is 16.6 Å². The number of aromatic nitrogens is 3. The van der Waals surface area contributed by atoms with Gasteiger partial charge in [0.2, 0.25) is 0 Å². The molecule has 0 bridgehead atoms. The highest BCUT2D eigenvalue weighted by Gasteiger charge is 2.42. The van der Waals surface area contributed by atoms with Crippen LogP contribution in [-0.4, -0.2) is 14.4 Å². The summed E-state index contributed by atoms with van der Waals surface area (Å²) >= 11 is 0. The van der Waals surface area contributed by atoms with Gasteiger partial charge in [0, 0.05) is 10.8 Å². The van der Waals surface area contributed by atoms with Crippen LogP contribution in [0.5, 0.6) is 0 Å². The Morgan fingerprint density at radius 2 is 1.45 bits per heavy atom. The zero-order chi connectivity index (χ0) is 29.2. The molecular formula is C35H53N3. The van der Waals surface area contributed by atoms with Crippen LogP contribution in [-0.2, 0) is 16.2 Å². The van der Waals surface area contributed by atoms with E-state index < -0.39 is 0 Å². The summed E-state index contributed by atoms with van der Waals surface area (Å²) in [7, 11) is 0. The molecule has 0 amide bonds. The molecule has 2 aromatic carbocycles. The zero-order valence-corrected chi connectivity index (χ0v) is 26.6. The van der Waals surface area contributed by atoms with Gasteiger partial charge >= 0.3 is 0 Å². The number of nitrogens with zero attached hydrogens (tertiary/aromatic N) is 3. The predicted octanol–water partition coefficient (Wildman–Crippen LogP) is 10.7. The smallest absolute Gasteiger partial charge is 0.149 e. The van der Waals surface area contributed by atoms with Gasteiger partial charge in [-0.1, -0.05) is 102 Å². The van der Waals surface area contributed by atoms with Crippen LogP contribution < -0.4 is 0 Å². The van der Waals surface area contributed by atoms with Crippen molar-refractivity contribution in [1.82, 2.24) is 14.4 Å². The topological polar surface area (TPSA) is 30.2 Å². The van der Waals surface area contributed by atoms with Crippen molar-refractivity contribution < 1.29 is 0 Å². The zero-order valence-electron chi connectivity index (χ0n) is 26.6. The van der Waals surface area contributed by atoms with Crippen molar-refractivity contribution in [3.05, 3.63) is 66.0 Å². The van der Waals surface area contributed by atoms with E-state index in [0.717, 1.165) is 35.3 Å². The highest BCUT2D eigenvalue weighted by Crippen LogP contribution is 2.50. The third-order valence-electron chi connectivity index (χ3n) is 7.69. The highest BCUT2D eigenvalue weighted by molar-refractivity contribution is 5.99. The quantitative estimate of drug-likeness (QED) is 0.248. The molecule has 1 aliphatic carbocycles. The van der Waals surface area contributed by atoms with Gasteiger partial charge in [-0.3, -0.25) is 4.40 Å². The first kappa shape index (κ1) is 31.5. The molecule has 0 spiro atoms. The minimum Gasteiger partial charge on any atom is -0.279 e. The van der Waals surface area contributed by atoms with Crippen LogP contribution in [0.4, 0.5) is 0 Å². The molecule has 0 radical (unpaired) electrons. The molecule has 0 aliphatic heterocycles. The van der Waals surface area contributed by atoms with E-state index in [1.54, 1.807) is 0 Å². The molecule has 208 valence electrons. The maximum Gasteiger partial charge on any atom is 0.149 e. The molecule has 5 rings (SSSR count). The molecule has 2 aromatic heterocycles. The second-order valence-corrected chi connectivity index (χ2v) is 12.3. The van der Waals surface area contributed by atoms with Crippen molar-refractivity contribution in [2.45, 2.75) is 125 Å². The Balaban J connectivity index is 0.000000791. The third kappa shape index (κ3) is 5.26. The fraction of sp³-hybridized carbons (Fsp3) is 0.543. The van der Waals surface area contributed by atoms with Gasteiger partial charge in [-0.2, -0.15) is 0 Å². The minimum absolute atomic E-state index is 0.0970. The van der Waals surface area contributed by atoms with Gasteiger partial charge in [0.1, 0.15) is 11.5 Å². The Bertz CT molecular complexity index is 1400. The summed E-state index contributed by atoms with van der Waals surface area (Å²) in [4.78, 5) is 10.6. The summed E-state index contributed by atoms with van der Waals surface area (Å²) < 4.78 is 2.37. The standard InChI is InChI=1S/C29H37N3.2C2H6.C2H4/c1-10-17(2)18-12-11-13-21-24(18)25-30-22-14-19-20(29(8,9)16-28(19,6)7)15-23(22)32(25)26(31-21)27(3,4)5;3*1-2/h11-15,17H,10,16H2,1-9H3;2*1-2H3;1-2H2. The first-order valence-corrected chi connectivity index (χ1v) is 14.7. The summed E-state index contributed by atoms with van der Waals surface area (Å²) in [6.45, 7) is 34.9. The largest absolute Gasteiger partial charge is 0.279 e. The molecule has 2 heterocycles. The number of imidazole rings is 1. The number of hydrogen-bond donors (Lipinski definition) is 0. The van der Waals surface area contributed by atoms with E-state index in [1.165, 1.54) is 27.6 Å². The maximum atomic E-state index is 5.31. The van der Waals surface area contributed by atoms with Crippen LogP contribution in [0.3, 0.4) is 0 Å². The van der Waals surface area contributed by atoms with Gasteiger partial charge < -0.3 is 0 Å². The normalized spacial score (nSPS) is 16.0. The fourth-order valence-electron chi connectivity index (χ4n) is 6.11. The first-order chi connectivity index (χ1) is 17.8. The highest BCUT2D eigenvalue weighted by atomic mass is 15.1. The summed E-state index contributed by atoms with van der Waals surface area (Å²) in [6, 6.07) is 11.4. The van der Waals surface area contributed by atoms with E-state index in [0.29, 0.717) is 5.92 Å². The molecular weight excluding hydrogens is 462 g/mol. The molecule has 1 unspecified atom stereocenters. The average molecular weight is 516 g/mol. The van der Waals surface area contributed by atoms with Gasteiger partial charge in [0.25, 0.3) is 0 Å². The Morgan fingerprint density at radius 1 is 0.895 bits per heavy atom. The summed E-state index contributed by atoms with van der Waals surface area (Å²) in [5.74, 6) is 1.55. The Kier molecular flexibility index (Phi) is 9.62. The van der Waals surface area contributed by atoms with Crippen molar-refractivity contribution in [3.8, 4) is 0 Å². The van der Waals surface area contributed by atoms with Crippen LogP contribution in [0, 0.1) is 0 Å². The molecule has 38 heavy (non-hydrogen) atoms. The monoisotopic (exact) mass is 515 g/mol. The van der Waals surface area contributed by atoms with Gasteiger partial charge in [-0.15, -0.1) is 13.2 Å². The van der Waals surface area contributed by atoms with Crippen LogP contribution in [0.1, 0.15) is 131 Å². The van der Waals surface area contributed by atoms with Gasteiger partial charge in [-0.05, 0) is 64.5 Å². The lowest BCUT2D eigenvalue weighted by Gasteiger charge is -2.23. The van der Waals surface area contributed by atoms with Crippen LogP contribution in [0.2, 0.25) is 0 Å². The Hall–Kier alpha value is -2.68. The summed E-state index contributed by atoms with van der Waals surface area (Å²) in [5, 5.41) is 1.21. The minimum atomic E-state index is -0.0970. The lowest BCUT2D eigenvalue weighted by atomic mass is 9.82. The van der Waals surface area contributed by atoms with E-state index in [9.17, 15) is 0 Å². The van der Waals surface area contributed by atoms with E-state index >= 15 is 0 Å². The molecule has 3 nitrogen and oxygen atoms in total. The van der Waals surface area contributed by atoms with Crippen molar-refractivity contribution in [1.29, 1.82) is 0 Å². The second kappa shape index (κ2) is 11.6. The lowest BCUT2D eigenvalue weighted by molar-refractivity contribution is 0.403. The van der Waals surface area contributed by atoms with Crippen LogP contribution >= 0.6 is 0 Å². The van der Waals surface area contributed by atoms with E-state index in [1.807, 2.05) is 27.7 Å². The average Bonchev–Trinajstić information content (AvgIpc) is 3.35. The van der Waals surface area contributed by atoms with E-state index in [2.05, 4.69) is 110 Å². The number of fused-ring (bicyclic) bond motifs is 6. The first-order valence-electron chi connectivity index (χ1n) is 14.7. The molecule has 0 fully saturated rings. The lowest BCUT2D eigenvalue weighted by Crippen LogP contribution is -2.19. The fourth-order valence-corrected chi connectivity index (χ4v) is 6.11. The third-order valence-corrected chi connectivity index (χ3v) is 7.69. The molecule has 0 N–H and O–H groups in total. The van der Waals surface area contributed by atoms with Gasteiger partial charge in [-0.25, -0.2) is 9.97 Å². The van der Waals surface area contributed by atoms with Gasteiger partial charge in [0.15, 0.2) is 0 Å². The Labute approximate surface area is 232 Å². The van der Waals surface area contributed by atoms with Crippen molar-refractivity contribution >= 4 is 27.6 Å². The number of rotatable bonds is 2. The number of benzene rings is 2. The van der Waals surface area contributed by atoms with E-state index in [-0.39, 0.29) is 16.2 Å². The van der Waals surface area contributed by atoms with Crippen LogP contribution in [0.15, 0.2) is 43.5 Å². The molecule has 1 aliphatic rings. The number of hydrogen-bond acceptors (Lipinski definition) is 2. The van der Waals surface area contributed by atoms with Crippen molar-refractivity contribution in [3.63, 3.8) is 0 Å². The summed E-state index contributed by atoms with van der Waals surface area (Å²) in [6.07, 6.45) is 2.26. The molecule has 0 saturated carbocycles. The summed E-state index contributed by atoms with van der Waals surface area (Å²) in [5.41, 5.74) is 8.90. The van der Waals surface area contributed by atoms with Crippen molar-refractivity contribution in [2.75, 3.05) is 0 Å². The molecule has 4 aromatic rings. The second-order valence-electron chi connectivity index (χ2n) is 12.3. The van der Waals surface area contributed by atoms with Crippen LogP contribution in [0.25, 0.3) is 27.6 Å². The molecule has 1 atom stereocenters. The molecule has 0 saturated heterocycles. The van der Waals surface area contributed by atoms with Crippen molar-refractivity contribution in [2.24, 2.45) is 0 Å². The predicted molar refractivity (Wildman–Crippen MR) is 170 cm³/mol.